The van der Waals surface area contributed by atoms with Crippen molar-refractivity contribution in [3.8, 4) is 0 Å². The maximum atomic E-state index is 12.8. The van der Waals surface area contributed by atoms with Crippen LogP contribution in [0, 0.1) is 0 Å². The number of hydrogen-bond donors (Lipinski definition) is 1. The van der Waals surface area contributed by atoms with Crippen LogP contribution in [0.2, 0.25) is 5.02 Å². The predicted octanol–water partition coefficient (Wildman–Crippen LogP) is 3.54. The maximum absolute atomic E-state index is 12.8. The first kappa shape index (κ1) is 21.1. The van der Waals surface area contributed by atoms with E-state index in [1.54, 1.807) is 22.9 Å². The standard InChI is InChI=1S/C20H22ClN3O2.ClH/c1-23(19(25)11-10-14-6-2-4-8-16(14)22)18-12-13-24(20(18)26)17-9-5-3-7-15(17)21;/h2-9,18H,10-13,22H2,1H3;1H. The van der Waals surface area contributed by atoms with Gasteiger partial charge in [0, 0.05) is 25.7 Å². The summed E-state index contributed by atoms with van der Waals surface area (Å²) in [5, 5.41) is 0.537. The van der Waals surface area contributed by atoms with Crippen LogP contribution in [-0.2, 0) is 16.0 Å². The third kappa shape index (κ3) is 4.54. The topological polar surface area (TPSA) is 66.6 Å². The molecule has 5 nitrogen and oxygen atoms in total. The van der Waals surface area contributed by atoms with Crippen LogP contribution in [0.15, 0.2) is 48.5 Å². The molecule has 1 aliphatic rings. The van der Waals surface area contributed by atoms with Gasteiger partial charge in [-0.3, -0.25) is 9.59 Å². The summed E-state index contributed by atoms with van der Waals surface area (Å²) >= 11 is 6.21. The van der Waals surface area contributed by atoms with Gasteiger partial charge < -0.3 is 15.5 Å². The molecular weight excluding hydrogens is 385 g/mol. The molecule has 0 spiro atoms. The monoisotopic (exact) mass is 407 g/mol. The van der Waals surface area contributed by atoms with Crippen molar-refractivity contribution in [2.45, 2.75) is 25.3 Å². The summed E-state index contributed by atoms with van der Waals surface area (Å²) in [5.41, 5.74) is 8.25. The van der Waals surface area contributed by atoms with Crippen LogP contribution in [0.5, 0.6) is 0 Å². The number of benzene rings is 2. The second kappa shape index (κ2) is 9.11. The van der Waals surface area contributed by atoms with Crippen LogP contribution in [0.3, 0.4) is 0 Å². The average molecular weight is 408 g/mol. The lowest BCUT2D eigenvalue weighted by Gasteiger charge is -2.24. The van der Waals surface area contributed by atoms with Gasteiger partial charge in [0.1, 0.15) is 6.04 Å². The van der Waals surface area contributed by atoms with E-state index in [0.29, 0.717) is 42.2 Å². The third-order valence-corrected chi connectivity index (χ3v) is 5.16. The Morgan fingerprint density at radius 1 is 1.22 bits per heavy atom. The lowest BCUT2D eigenvalue weighted by molar-refractivity contribution is -0.136. The normalized spacial score (nSPS) is 16.1. The minimum atomic E-state index is -0.452. The number of aryl methyl sites for hydroxylation is 1. The molecule has 2 N–H and O–H groups in total. The van der Waals surface area contributed by atoms with Gasteiger partial charge in [-0.15, -0.1) is 12.4 Å². The average Bonchev–Trinajstić information content (AvgIpc) is 3.02. The molecule has 144 valence electrons. The highest BCUT2D eigenvalue weighted by Gasteiger charge is 2.37. The second-order valence-corrected chi connectivity index (χ2v) is 6.86. The Labute approximate surface area is 170 Å². The molecule has 0 bridgehead atoms. The molecule has 1 fully saturated rings. The van der Waals surface area contributed by atoms with E-state index in [1.165, 1.54) is 0 Å². The van der Waals surface area contributed by atoms with E-state index in [1.807, 2.05) is 42.5 Å². The van der Waals surface area contributed by atoms with Gasteiger partial charge in [0.05, 0.1) is 10.7 Å². The first-order valence-corrected chi connectivity index (χ1v) is 9.02. The number of nitrogens with two attached hydrogens (primary N) is 1. The zero-order valence-corrected chi connectivity index (χ0v) is 16.7. The van der Waals surface area contributed by atoms with Gasteiger partial charge in [0.2, 0.25) is 11.8 Å². The number of hydrogen-bond acceptors (Lipinski definition) is 3. The SMILES string of the molecule is CN(C(=O)CCc1ccccc1N)C1CCN(c2ccccc2Cl)C1=O.Cl. The van der Waals surface area contributed by atoms with Crippen molar-refractivity contribution < 1.29 is 9.59 Å². The molecule has 0 saturated carbocycles. The van der Waals surface area contributed by atoms with Crippen LogP contribution in [0.4, 0.5) is 11.4 Å². The van der Waals surface area contributed by atoms with Crippen molar-refractivity contribution in [3.05, 3.63) is 59.1 Å². The number of nitrogens with zero attached hydrogens (tertiary/aromatic N) is 2. The second-order valence-electron chi connectivity index (χ2n) is 6.45. The Kier molecular flexibility index (Phi) is 7.11. The molecule has 1 saturated heterocycles. The van der Waals surface area contributed by atoms with Crippen molar-refractivity contribution >= 4 is 47.2 Å². The molecule has 2 aromatic rings. The highest BCUT2D eigenvalue weighted by atomic mass is 35.5. The lowest BCUT2D eigenvalue weighted by atomic mass is 10.1. The number of carbonyl (C=O) groups is 2. The van der Waals surface area contributed by atoms with E-state index in [9.17, 15) is 9.59 Å². The number of amides is 2. The number of para-hydroxylation sites is 2. The predicted molar refractivity (Wildman–Crippen MR) is 111 cm³/mol. The highest BCUT2D eigenvalue weighted by Crippen LogP contribution is 2.30. The number of likely N-dealkylation sites (N-methyl/N-ethyl adjacent to an activating group) is 1. The van der Waals surface area contributed by atoms with Gasteiger partial charge in [0.25, 0.3) is 0 Å². The molecule has 2 amide bonds. The zero-order valence-electron chi connectivity index (χ0n) is 15.1. The zero-order chi connectivity index (χ0) is 18.7. The number of carbonyl (C=O) groups excluding carboxylic acids is 2. The number of halogens is 2. The number of rotatable bonds is 5. The Bertz CT molecular complexity index is 828. The summed E-state index contributed by atoms with van der Waals surface area (Å²) < 4.78 is 0. The number of nitrogen functional groups attached to an aromatic ring is 1. The lowest BCUT2D eigenvalue weighted by Crippen LogP contribution is -2.43. The Morgan fingerprint density at radius 3 is 2.59 bits per heavy atom. The van der Waals surface area contributed by atoms with Crippen LogP contribution in [0.1, 0.15) is 18.4 Å². The fraction of sp³-hybridized carbons (Fsp3) is 0.300. The van der Waals surface area contributed by atoms with Gasteiger partial charge in [-0.25, -0.2) is 0 Å². The summed E-state index contributed by atoms with van der Waals surface area (Å²) in [7, 11) is 1.69. The summed E-state index contributed by atoms with van der Waals surface area (Å²) in [6.07, 6.45) is 1.48. The molecule has 1 heterocycles. The van der Waals surface area contributed by atoms with Crippen molar-refractivity contribution in [1.29, 1.82) is 0 Å². The smallest absolute Gasteiger partial charge is 0.249 e. The van der Waals surface area contributed by atoms with Gasteiger partial charge >= 0.3 is 0 Å². The minimum Gasteiger partial charge on any atom is -0.399 e. The van der Waals surface area contributed by atoms with E-state index in [-0.39, 0.29) is 24.2 Å². The van der Waals surface area contributed by atoms with Gasteiger partial charge in [-0.05, 0) is 36.6 Å². The Hall–Kier alpha value is -2.24. The van der Waals surface area contributed by atoms with Crippen LogP contribution in [-0.4, -0.2) is 36.3 Å². The van der Waals surface area contributed by atoms with Crippen molar-refractivity contribution in [2.75, 3.05) is 24.2 Å². The molecule has 0 aromatic heterocycles. The van der Waals surface area contributed by atoms with E-state index in [0.717, 1.165) is 5.56 Å². The molecule has 1 unspecified atom stereocenters. The number of anilines is 2. The third-order valence-electron chi connectivity index (χ3n) is 4.84. The molecule has 1 atom stereocenters. The molecule has 2 aromatic carbocycles. The first-order chi connectivity index (χ1) is 12.5. The van der Waals surface area contributed by atoms with Crippen LogP contribution in [0.25, 0.3) is 0 Å². The van der Waals surface area contributed by atoms with E-state index in [2.05, 4.69) is 0 Å². The Balaban J connectivity index is 0.00000261. The van der Waals surface area contributed by atoms with E-state index < -0.39 is 6.04 Å². The molecular formula is C20H23Cl2N3O2. The molecule has 7 heteroatoms. The summed E-state index contributed by atoms with van der Waals surface area (Å²) in [6.45, 7) is 0.552. The fourth-order valence-corrected chi connectivity index (χ4v) is 3.53. The van der Waals surface area contributed by atoms with Crippen LogP contribution >= 0.6 is 24.0 Å². The van der Waals surface area contributed by atoms with Crippen molar-refractivity contribution in [2.24, 2.45) is 0 Å². The quantitative estimate of drug-likeness (QED) is 0.770. The Morgan fingerprint density at radius 2 is 1.89 bits per heavy atom. The highest BCUT2D eigenvalue weighted by molar-refractivity contribution is 6.34. The first-order valence-electron chi connectivity index (χ1n) is 8.64. The van der Waals surface area contributed by atoms with Gasteiger partial charge in [-0.1, -0.05) is 41.9 Å². The summed E-state index contributed by atoms with van der Waals surface area (Å²) in [4.78, 5) is 28.6. The largest absolute Gasteiger partial charge is 0.399 e. The van der Waals surface area contributed by atoms with E-state index in [4.69, 9.17) is 17.3 Å². The molecule has 27 heavy (non-hydrogen) atoms. The van der Waals surface area contributed by atoms with Gasteiger partial charge in [0.15, 0.2) is 0 Å². The van der Waals surface area contributed by atoms with Gasteiger partial charge in [-0.2, -0.15) is 0 Å². The fourth-order valence-electron chi connectivity index (χ4n) is 3.29. The minimum absolute atomic E-state index is 0. The maximum Gasteiger partial charge on any atom is 0.249 e. The van der Waals surface area contributed by atoms with Crippen molar-refractivity contribution in [1.82, 2.24) is 4.90 Å². The van der Waals surface area contributed by atoms with E-state index >= 15 is 0 Å². The molecule has 0 aliphatic carbocycles. The van der Waals surface area contributed by atoms with Crippen LogP contribution < -0.4 is 10.6 Å². The summed E-state index contributed by atoms with van der Waals surface area (Å²) in [5.74, 6) is -0.152. The summed E-state index contributed by atoms with van der Waals surface area (Å²) in [6, 6.07) is 14.3. The molecule has 1 aliphatic heterocycles. The molecule has 0 radical (unpaired) electrons. The molecule has 3 rings (SSSR count). The van der Waals surface area contributed by atoms with Crippen molar-refractivity contribution in [3.63, 3.8) is 0 Å².